The normalized spacial score (nSPS) is 12.8. The van der Waals surface area contributed by atoms with Crippen LogP contribution in [0.5, 0.6) is 0 Å². The van der Waals surface area contributed by atoms with Crippen LogP contribution < -0.4 is 0 Å². The Bertz CT molecular complexity index is 1640. The number of aliphatic hydroxyl groups is 1. The Kier molecular flexibility index (Phi) is 72.8. The summed E-state index contributed by atoms with van der Waals surface area (Å²) in [5.41, 5.74) is 0. The molecule has 0 aliphatic rings. The molecule has 0 fully saturated rings. The van der Waals surface area contributed by atoms with Gasteiger partial charge in [-0.1, -0.05) is 374 Å². The lowest BCUT2D eigenvalue weighted by molar-refractivity contribution is -0.161. The Morgan fingerprint density at radius 2 is 0.465 bits per heavy atom. The molecule has 1 N–H and O–H groups in total. The summed E-state index contributed by atoms with van der Waals surface area (Å²) in [6.07, 6.45) is 110. The zero-order chi connectivity index (χ0) is 61.9. The largest absolute Gasteiger partial charge is 0.462 e. The predicted octanol–water partition coefficient (Wildman–Crippen LogP) is 26.3. The van der Waals surface area contributed by atoms with Crippen LogP contribution in [0, 0.1) is 0 Å². The number of rotatable bonds is 69. The quantitative estimate of drug-likeness (QED) is 0.0373. The Balaban J connectivity index is 3.40. The van der Waals surface area contributed by atoms with Crippen LogP contribution >= 0.6 is 0 Å². The number of carbonyl (C=O) groups excluding carboxylic acids is 2. The molecule has 0 amide bonds. The van der Waals surface area contributed by atoms with Crippen molar-refractivity contribution in [2.75, 3.05) is 13.2 Å². The van der Waals surface area contributed by atoms with Gasteiger partial charge in [0.25, 0.3) is 0 Å². The zero-order valence-electron chi connectivity index (χ0n) is 57.1. The third-order valence-electron chi connectivity index (χ3n) is 16.6. The Labute approximate surface area is 535 Å². The summed E-state index contributed by atoms with van der Waals surface area (Å²) in [6.45, 7) is 3.96. The zero-order valence-corrected chi connectivity index (χ0v) is 57.1. The summed E-state index contributed by atoms with van der Waals surface area (Å²) in [5, 5.41) is 9.72. The number of esters is 2. The Hall–Kier alpha value is -3.44. The van der Waals surface area contributed by atoms with E-state index in [1.165, 1.54) is 250 Å². The molecule has 0 aromatic heterocycles. The maximum Gasteiger partial charge on any atom is 0.306 e. The van der Waals surface area contributed by atoms with Gasteiger partial charge in [0.05, 0.1) is 6.61 Å². The van der Waals surface area contributed by atoms with Crippen molar-refractivity contribution in [3.05, 3.63) is 109 Å². The summed E-state index contributed by atoms with van der Waals surface area (Å²) in [6, 6.07) is 0. The average molecular weight is 1200 g/mol. The molecule has 0 aliphatic heterocycles. The molecule has 5 nitrogen and oxygen atoms in total. The van der Waals surface area contributed by atoms with Gasteiger partial charge in [0.2, 0.25) is 0 Å². The third-order valence-corrected chi connectivity index (χ3v) is 16.6. The average Bonchev–Trinajstić information content (AvgIpc) is 3.54. The van der Waals surface area contributed by atoms with Crippen LogP contribution in [-0.2, 0) is 19.1 Å². The van der Waals surface area contributed by atoms with E-state index in [2.05, 4.69) is 123 Å². The number of aliphatic hydroxyl groups excluding tert-OH is 1. The van der Waals surface area contributed by atoms with E-state index in [9.17, 15) is 14.7 Å². The van der Waals surface area contributed by atoms with Crippen molar-refractivity contribution < 1.29 is 24.2 Å². The van der Waals surface area contributed by atoms with Gasteiger partial charge >= 0.3 is 11.9 Å². The van der Waals surface area contributed by atoms with Crippen LogP contribution in [0.1, 0.15) is 373 Å². The second-order valence-corrected chi connectivity index (χ2v) is 25.0. The summed E-state index contributed by atoms with van der Waals surface area (Å²) in [4.78, 5) is 24.7. The molecule has 86 heavy (non-hydrogen) atoms. The first-order valence-corrected chi connectivity index (χ1v) is 37.4. The van der Waals surface area contributed by atoms with Crippen molar-refractivity contribution in [1.82, 2.24) is 0 Å². The van der Waals surface area contributed by atoms with Gasteiger partial charge in [-0.25, -0.2) is 0 Å². The fraction of sp³-hybridized carbons (Fsp3) is 0.753. The molecule has 0 spiro atoms. The maximum atomic E-state index is 12.4. The van der Waals surface area contributed by atoms with Gasteiger partial charge in [0.1, 0.15) is 6.61 Å². The molecule has 0 aromatic rings. The molecular formula is C81H142O5. The maximum absolute atomic E-state index is 12.4. The SMILES string of the molecule is CC/C=C\C/C=C\C/C=C\C/C=C\C/C=C\CCCCCCCCCCCCCCCCCCCCCCCCCCCC(=O)OC(CO)COC(=O)CCCCCCCCCCCCCCCCCCCC/C=C\C/C=C\C/C=C\C/C=C\CC. The third kappa shape index (κ3) is 73.0. The molecule has 496 valence electrons. The number of unbranched alkanes of at least 4 members (excludes halogenated alkanes) is 43. The lowest BCUT2D eigenvalue weighted by atomic mass is 10.0. The number of ether oxygens (including phenoxy) is 2. The first-order chi connectivity index (χ1) is 42.6. The van der Waals surface area contributed by atoms with Gasteiger partial charge in [0, 0.05) is 12.8 Å². The van der Waals surface area contributed by atoms with E-state index in [0.717, 1.165) is 96.3 Å². The van der Waals surface area contributed by atoms with Crippen LogP contribution in [-0.4, -0.2) is 36.4 Å². The van der Waals surface area contributed by atoms with Crippen molar-refractivity contribution in [1.29, 1.82) is 0 Å². The van der Waals surface area contributed by atoms with Gasteiger partial charge in [-0.3, -0.25) is 9.59 Å². The standard InChI is InChI=1S/C81H142O5/c1-3-5-7-9-11-13-15-17-19-21-23-25-27-29-31-33-35-36-37-38-39-40-41-42-43-44-46-48-50-52-54-56-58-60-62-64-66-68-70-72-74-76-81(84)86-79(77-82)78-85-80(83)75-73-71-69-67-65-63-61-59-57-55-53-51-49-47-45-34-32-30-28-26-24-22-20-18-16-14-12-10-8-6-4-2/h5-8,11-14,17-20,23-26,29,31,79,82H,3-4,9-10,15-16,21-22,27-28,30,32-78H2,1-2H3/b7-5-,8-6-,13-11-,14-12-,19-17-,20-18-,25-23-,26-24-,31-29-. The molecule has 5 heteroatoms. The van der Waals surface area contributed by atoms with Crippen LogP contribution in [0.2, 0.25) is 0 Å². The van der Waals surface area contributed by atoms with E-state index >= 15 is 0 Å². The van der Waals surface area contributed by atoms with E-state index in [1.54, 1.807) is 0 Å². The highest BCUT2D eigenvalue weighted by Gasteiger charge is 2.16. The minimum absolute atomic E-state index is 0.0636. The summed E-state index contributed by atoms with van der Waals surface area (Å²) in [5.74, 6) is -0.573. The number of hydrogen-bond acceptors (Lipinski definition) is 5. The predicted molar refractivity (Wildman–Crippen MR) is 380 cm³/mol. The van der Waals surface area contributed by atoms with Crippen LogP contribution in [0.25, 0.3) is 0 Å². The topological polar surface area (TPSA) is 72.8 Å². The molecule has 0 bridgehead atoms. The van der Waals surface area contributed by atoms with E-state index in [-0.39, 0.29) is 25.2 Å². The van der Waals surface area contributed by atoms with Gasteiger partial charge in [-0.05, 0) is 96.3 Å². The van der Waals surface area contributed by atoms with Crippen molar-refractivity contribution in [2.24, 2.45) is 0 Å². The molecule has 0 saturated carbocycles. The van der Waals surface area contributed by atoms with Crippen molar-refractivity contribution in [3.63, 3.8) is 0 Å². The number of hydrogen-bond donors (Lipinski definition) is 1. The molecule has 0 aliphatic carbocycles. The van der Waals surface area contributed by atoms with E-state index in [4.69, 9.17) is 9.47 Å². The molecule has 0 heterocycles. The van der Waals surface area contributed by atoms with Gasteiger partial charge in [-0.15, -0.1) is 0 Å². The molecule has 0 rings (SSSR count). The highest BCUT2D eigenvalue weighted by molar-refractivity contribution is 5.70. The second-order valence-electron chi connectivity index (χ2n) is 25.0. The lowest BCUT2D eigenvalue weighted by Crippen LogP contribution is -2.28. The minimum atomic E-state index is -0.775. The number of allylic oxidation sites excluding steroid dienone is 18. The lowest BCUT2D eigenvalue weighted by Gasteiger charge is -2.15. The highest BCUT2D eigenvalue weighted by atomic mass is 16.6. The van der Waals surface area contributed by atoms with E-state index < -0.39 is 6.10 Å². The first kappa shape index (κ1) is 82.6. The number of carbonyl (C=O) groups is 2. The van der Waals surface area contributed by atoms with Crippen molar-refractivity contribution in [2.45, 2.75) is 380 Å². The molecule has 0 saturated heterocycles. The fourth-order valence-electron chi connectivity index (χ4n) is 11.1. The summed E-state index contributed by atoms with van der Waals surface area (Å²) in [7, 11) is 0. The molecule has 1 atom stereocenters. The smallest absolute Gasteiger partial charge is 0.306 e. The first-order valence-electron chi connectivity index (χ1n) is 37.4. The fourth-order valence-corrected chi connectivity index (χ4v) is 11.1. The second kappa shape index (κ2) is 75.8. The van der Waals surface area contributed by atoms with E-state index in [1.807, 2.05) is 0 Å². The van der Waals surface area contributed by atoms with Crippen molar-refractivity contribution in [3.8, 4) is 0 Å². The molecular weight excluding hydrogens is 1050 g/mol. The minimum Gasteiger partial charge on any atom is -0.462 e. The summed E-state index contributed by atoms with van der Waals surface area (Å²) < 4.78 is 10.8. The van der Waals surface area contributed by atoms with Gasteiger partial charge < -0.3 is 14.6 Å². The monoisotopic (exact) mass is 1200 g/mol. The Morgan fingerprint density at radius 3 is 0.698 bits per heavy atom. The van der Waals surface area contributed by atoms with Gasteiger partial charge in [0.15, 0.2) is 6.10 Å². The molecule has 1 unspecified atom stereocenters. The van der Waals surface area contributed by atoms with E-state index in [0.29, 0.717) is 12.8 Å². The summed E-state index contributed by atoms with van der Waals surface area (Å²) >= 11 is 0. The van der Waals surface area contributed by atoms with Crippen LogP contribution in [0.15, 0.2) is 109 Å². The van der Waals surface area contributed by atoms with Crippen molar-refractivity contribution >= 4 is 11.9 Å². The Morgan fingerprint density at radius 1 is 0.267 bits per heavy atom. The molecule has 0 radical (unpaired) electrons. The van der Waals surface area contributed by atoms with Crippen LogP contribution in [0.4, 0.5) is 0 Å². The molecule has 0 aromatic carbocycles. The van der Waals surface area contributed by atoms with Crippen LogP contribution in [0.3, 0.4) is 0 Å². The van der Waals surface area contributed by atoms with Gasteiger partial charge in [-0.2, -0.15) is 0 Å². The highest BCUT2D eigenvalue weighted by Crippen LogP contribution is 2.19.